The monoisotopic (exact) mass is 525 g/mol. The first-order valence-corrected chi connectivity index (χ1v) is 20.7. The molecule has 0 spiro atoms. The maximum absolute atomic E-state index is 13.4. The number of hydrogen-bond acceptors (Lipinski definition) is 6. The largest absolute Gasteiger partial charge is 0.393 e. The molecule has 0 saturated heterocycles. The predicted molar refractivity (Wildman–Crippen MR) is 145 cm³/mol. The van der Waals surface area contributed by atoms with Crippen LogP contribution in [-0.2, 0) is 9.59 Å². The number of Topliss-reactive ketones (excluding diaryl/α,β-unsaturated/α-hetero) is 2. The van der Waals surface area contributed by atoms with Crippen molar-refractivity contribution >= 4 is 28.0 Å². The maximum Gasteiger partial charge on any atom is 0.190 e. The Balaban J connectivity index is 0.000000327. The molecule has 8 heteroatoms. The molecule has 4 rings (SSSR count). The fourth-order valence-electron chi connectivity index (χ4n) is 8.77. The van der Waals surface area contributed by atoms with Crippen molar-refractivity contribution in [2.45, 2.75) is 116 Å². The third-order valence-corrected chi connectivity index (χ3v) is 15.8. The van der Waals surface area contributed by atoms with Crippen LogP contribution in [0.25, 0.3) is 0 Å². The van der Waals surface area contributed by atoms with E-state index < -0.39 is 39.9 Å². The van der Waals surface area contributed by atoms with Crippen molar-refractivity contribution in [3.05, 3.63) is 0 Å². The van der Waals surface area contributed by atoms with Gasteiger partial charge in [-0.1, -0.05) is 53.1 Å². The fourth-order valence-corrected chi connectivity index (χ4v) is 17.8. The summed E-state index contributed by atoms with van der Waals surface area (Å²) in [5, 5.41) is 30.6. The molecule has 4 fully saturated rings. The number of carbonyl (C=O) groups is 2. The number of carbonyl (C=O) groups excluding carboxylic acids is 2. The average Bonchev–Trinajstić information content (AvgIpc) is 2.97. The normalized spacial score (nSPS) is 43.4. The second-order valence-electron chi connectivity index (χ2n) is 14.6. The van der Waals surface area contributed by atoms with E-state index in [1.807, 2.05) is 6.92 Å². The first kappa shape index (κ1) is 29.2. The predicted octanol–water partition coefficient (Wildman–Crippen LogP) is 4.11. The van der Waals surface area contributed by atoms with Crippen LogP contribution in [0.15, 0.2) is 0 Å². The van der Waals surface area contributed by atoms with Crippen LogP contribution in [0.1, 0.15) is 65.2 Å². The first-order valence-electron chi connectivity index (χ1n) is 13.7. The highest BCUT2D eigenvalue weighted by Crippen LogP contribution is 2.67. The standard InChI is InChI=1S/C21H32O5.C6H19NSi2/c1-19-7-5-13(23)9-12(19)3-4-14-15-6-8-21(26,17(25)11-22)20(15,2)10-16(24)18(14)19;1-8(2,3)7-9(4,5)6/h12-15,18,22-23,26H,3-11H2,1-2H3;7H,1-6H3/t12-,13-,14+,15+,18-,19+,20+,21+;/m1./s1. The molecule has 0 heterocycles. The van der Waals surface area contributed by atoms with Crippen LogP contribution in [0.5, 0.6) is 0 Å². The second-order valence-corrected chi connectivity index (χ2v) is 24.6. The molecule has 0 aromatic heterocycles. The number of aliphatic hydroxyl groups is 3. The third-order valence-electron chi connectivity index (χ3n) is 9.83. The minimum atomic E-state index is -1.58. The third kappa shape index (κ3) is 5.44. The molecule has 0 bridgehead atoms. The summed E-state index contributed by atoms with van der Waals surface area (Å²) in [4.78, 5) is 25.7. The van der Waals surface area contributed by atoms with Crippen molar-refractivity contribution in [1.29, 1.82) is 0 Å². The zero-order valence-electron chi connectivity index (χ0n) is 23.4. The van der Waals surface area contributed by atoms with E-state index >= 15 is 0 Å². The molecule has 8 atom stereocenters. The molecular formula is C27H51NO5Si2. The molecule has 202 valence electrons. The van der Waals surface area contributed by atoms with E-state index in [9.17, 15) is 24.9 Å². The lowest BCUT2D eigenvalue weighted by Crippen LogP contribution is -2.62. The summed E-state index contributed by atoms with van der Waals surface area (Å²) in [5.74, 6) is 0.380. The van der Waals surface area contributed by atoms with E-state index in [1.165, 1.54) is 0 Å². The second kappa shape index (κ2) is 9.73. The van der Waals surface area contributed by atoms with Gasteiger partial charge in [0.05, 0.1) is 6.10 Å². The number of nitrogens with one attached hydrogen (secondary N) is 1. The summed E-state index contributed by atoms with van der Waals surface area (Å²) in [6.45, 7) is 17.6. The summed E-state index contributed by atoms with van der Waals surface area (Å²) >= 11 is 0. The summed E-state index contributed by atoms with van der Waals surface area (Å²) < 4.78 is 3.74. The summed E-state index contributed by atoms with van der Waals surface area (Å²) in [5.41, 5.74) is -2.40. The molecule has 4 saturated carbocycles. The van der Waals surface area contributed by atoms with Gasteiger partial charge in [0.1, 0.15) is 34.5 Å². The van der Waals surface area contributed by atoms with Crippen molar-refractivity contribution in [2.24, 2.45) is 34.5 Å². The summed E-state index contributed by atoms with van der Waals surface area (Å²) in [6.07, 6.45) is 5.47. The Labute approximate surface area is 214 Å². The minimum Gasteiger partial charge on any atom is -0.393 e. The molecule has 0 aliphatic heterocycles. The van der Waals surface area contributed by atoms with Crippen LogP contribution in [0.3, 0.4) is 0 Å². The Hall–Kier alpha value is -0.386. The smallest absolute Gasteiger partial charge is 0.190 e. The van der Waals surface area contributed by atoms with Gasteiger partial charge < -0.3 is 20.0 Å². The molecule has 4 N–H and O–H groups in total. The van der Waals surface area contributed by atoms with Crippen LogP contribution < -0.4 is 4.65 Å². The fraction of sp³-hybridized carbons (Fsp3) is 0.926. The average molecular weight is 526 g/mol. The van der Waals surface area contributed by atoms with Gasteiger partial charge in [-0.15, -0.1) is 0 Å². The zero-order valence-corrected chi connectivity index (χ0v) is 25.4. The number of fused-ring (bicyclic) bond motifs is 5. The Morgan fingerprint density at radius 3 is 2.11 bits per heavy atom. The van der Waals surface area contributed by atoms with E-state index in [-0.39, 0.29) is 41.5 Å². The van der Waals surface area contributed by atoms with Crippen molar-refractivity contribution in [3.63, 3.8) is 0 Å². The van der Waals surface area contributed by atoms with Gasteiger partial charge in [0.25, 0.3) is 0 Å². The summed E-state index contributed by atoms with van der Waals surface area (Å²) in [7, 11) is -1.96. The van der Waals surface area contributed by atoms with Gasteiger partial charge in [-0.05, 0) is 68.1 Å². The number of rotatable bonds is 4. The van der Waals surface area contributed by atoms with E-state index in [4.69, 9.17) is 0 Å². The molecule has 4 aliphatic carbocycles. The number of hydrogen-bond donors (Lipinski definition) is 4. The lowest BCUT2D eigenvalue weighted by atomic mass is 9.44. The van der Waals surface area contributed by atoms with Gasteiger partial charge in [0.15, 0.2) is 5.78 Å². The van der Waals surface area contributed by atoms with Crippen LogP contribution in [0.4, 0.5) is 0 Å². The molecule has 6 nitrogen and oxygen atoms in total. The highest BCUT2D eigenvalue weighted by Gasteiger charge is 2.68. The lowest BCUT2D eigenvalue weighted by molar-refractivity contribution is -0.180. The summed E-state index contributed by atoms with van der Waals surface area (Å²) in [6, 6.07) is 0. The van der Waals surface area contributed by atoms with Crippen molar-refractivity contribution < 1.29 is 24.9 Å². The van der Waals surface area contributed by atoms with Crippen molar-refractivity contribution in [1.82, 2.24) is 4.65 Å². The van der Waals surface area contributed by atoms with E-state index in [1.54, 1.807) is 0 Å². The molecule has 0 radical (unpaired) electrons. The quantitative estimate of drug-likeness (QED) is 0.412. The van der Waals surface area contributed by atoms with Crippen LogP contribution in [0, 0.1) is 34.5 Å². The number of aliphatic hydroxyl groups excluding tert-OH is 2. The highest BCUT2D eigenvalue weighted by molar-refractivity contribution is 6.90. The highest BCUT2D eigenvalue weighted by atomic mass is 28.4. The van der Waals surface area contributed by atoms with Gasteiger partial charge in [0.2, 0.25) is 0 Å². The Morgan fingerprint density at radius 1 is 1.00 bits per heavy atom. The van der Waals surface area contributed by atoms with Crippen LogP contribution in [0.2, 0.25) is 39.3 Å². The van der Waals surface area contributed by atoms with Crippen molar-refractivity contribution in [2.75, 3.05) is 6.61 Å². The Kier molecular flexibility index (Phi) is 8.11. The van der Waals surface area contributed by atoms with Crippen LogP contribution in [-0.4, -0.2) is 61.7 Å². The van der Waals surface area contributed by atoms with E-state index in [0.29, 0.717) is 12.3 Å². The molecule has 0 amide bonds. The Morgan fingerprint density at radius 2 is 1.60 bits per heavy atom. The molecule has 0 unspecified atom stereocenters. The van der Waals surface area contributed by atoms with Gasteiger partial charge in [-0.25, -0.2) is 0 Å². The van der Waals surface area contributed by atoms with Crippen LogP contribution >= 0.6 is 0 Å². The number of ketones is 2. The molecule has 0 aromatic carbocycles. The van der Waals surface area contributed by atoms with E-state index in [0.717, 1.165) is 38.5 Å². The first-order chi connectivity index (χ1) is 15.9. The maximum atomic E-state index is 13.4. The van der Waals surface area contributed by atoms with Gasteiger partial charge in [-0.3, -0.25) is 9.59 Å². The van der Waals surface area contributed by atoms with E-state index in [2.05, 4.69) is 50.9 Å². The van der Waals surface area contributed by atoms with Gasteiger partial charge >= 0.3 is 0 Å². The Bertz CT molecular complexity index is 811. The SMILES string of the molecule is C[C@]12CC[C@@H](O)C[C@H]1CC[C@@H]1[C@@H]2C(=O)C[C@@]2(C)[C@H]1CC[C@]2(O)C(=O)CO.C[Si](C)(C)N[Si](C)(C)C. The topological polar surface area (TPSA) is 107 Å². The van der Waals surface area contributed by atoms with Gasteiger partial charge in [-0.2, -0.15) is 0 Å². The van der Waals surface area contributed by atoms with Gasteiger partial charge in [0, 0.05) is 17.8 Å². The molecule has 0 aromatic rings. The van der Waals surface area contributed by atoms with Crippen molar-refractivity contribution in [3.8, 4) is 0 Å². The lowest BCUT2D eigenvalue weighted by Gasteiger charge is -2.60. The molecule has 35 heavy (non-hydrogen) atoms. The minimum absolute atomic E-state index is 0.0154. The molecule has 4 aliphatic rings. The zero-order chi connectivity index (χ0) is 26.6. The molecular weight excluding hydrogens is 474 g/mol.